The topological polar surface area (TPSA) is 15.3 Å². The summed E-state index contributed by atoms with van der Waals surface area (Å²) < 4.78 is 13.5. The first-order valence-electron chi connectivity index (χ1n) is 5.01. The molecule has 1 saturated heterocycles. The van der Waals surface area contributed by atoms with Gasteiger partial charge in [-0.3, -0.25) is 4.90 Å². The fraction of sp³-hybridized carbons (Fsp3) is 0.455. The number of likely N-dealkylation sites (N-methyl/N-ethyl adjacent to an activating group) is 1. The van der Waals surface area contributed by atoms with Crippen LogP contribution >= 0.6 is 11.6 Å². The average Bonchev–Trinajstić information content (AvgIpc) is 2.07. The maximum absolute atomic E-state index is 13.5. The number of halogens is 2. The summed E-state index contributed by atoms with van der Waals surface area (Å²) in [5.41, 5.74) is 0.703. The second-order valence-electron chi connectivity index (χ2n) is 3.96. The predicted molar refractivity (Wildman–Crippen MR) is 59.5 cm³/mol. The Hall–Kier alpha value is -0.640. The lowest BCUT2D eigenvalue weighted by molar-refractivity contribution is 0.171. The summed E-state index contributed by atoms with van der Waals surface area (Å²) in [7, 11) is 2.01. The van der Waals surface area contributed by atoms with Crippen LogP contribution in [0.25, 0.3) is 0 Å². The standard InChI is InChI=1S/C11H14ClFN2/c1-15(10-5-14-6-10)7-8-2-3-9(12)4-11(8)13/h2-4,10,14H,5-7H2,1H3. The van der Waals surface area contributed by atoms with Gasteiger partial charge in [0.15, 0.2) is 0 Å². The van der Waals surface area contributed by atoms with Gasteiger partial charge in [-0.25, -0.2) is 4.39 Å². The lowest BCUT2D eigenvalue weighted by Crippen LogP contribution is -2.55. The number of nitrogens with zero attached hydrogens (tertiary/aromatic N) is 1. The van der Waals surface area contributed by atoms with E-state index < -0.39 is 0 Å². The summed E-state index contributed by atoms with van der Waals surface area (Å²) in [6, 6.07) is 5.37. The van der Waals surface area contributed by atoms with Crippen LogP contribution < -0.4 is 5.32 Å². The highest BCUT2D eigenvalue weighted by atomic mass is 35.5. The van der Waals surface area contributed by atoms with Gasteiger partial charge in [-0.05, 0) is 19.2 Å². The minimum Gasteiger partial charge on any atom is -0.314 e. The zero-order valence-electron chi connectivity index (χ0n) is 8.63. The molecule has 1 N–H and O–H groups in total. The Kier molecular flexibility index (Phi) is 3.24. The van der Waals surface area contributed by atoms with Crippen molar-refractivity contribution in [3.63, 3.8) is 0 Å². The van der Waals surface area contributed by atoms with E-state index in [9.17, 15) is 4.39 Å². The zero-order valence-corrected chi connectivity index (χ0v) is 9.39. The summed E-state index contributed by atoms with van der Waals surface area (Å²) in [6.45, 7) is 2.62. The van der Waals surface area contributed by atoms with Gasteiger partial charge in [0.05, 0.1) is 0 Å². The van der Waals surface area contributed by atoms with Gasteiger partial charge in [-0.1, -0.05) is 17.7 Å². The molecule has 0 spiro atoms. The average molecular weight is 229 g/mol. The van der Waals surface area contributed by atoms with Gasteiger partial charge in [-0.15, -0.1) is 0 Å². The van der Waals surface area contributed by atoms with E-state index in [-0.39, 0.29) is 5.82 Å². The van der Waals surface area contributed by atoms with Crippen molar-refractivity contribution in [2.24, 2.45) is 0 Å². The van der Waals surface area contributed by atoms with Crippen molar-refractivity contribution >= 4 is 11.6 Å². The molecule has 1 fully saturated rings. The summed E-state index contributed by atoms with van der Waals surface area (Å²) in [4.78, 5) is 2.16. The van der Waals surface area contributed by atoms with Crippen molar-refractivity contribution in [1.82, 2.24) is 10.2 Å². The molecule has 1 aliphatic rings. The molecule has 2 nitrogen and oxygen atoms in total. The van der Waals surface area contributed by atoms with Crippen LogP contribution in [0.4, 0.5) is 4.39 Å². The largest absolute Gasteiger partial charge is 0.314 e. The van der Waals surface area contributed by atoms with Gasteiger partial charge < -0.3 is 5.32 Å². The normalized spacial score (nSPS) is 16.8. The number of benzene rings is 1. The van der Waals surface area contributed by atoms with Gasteiger partial charge in [0.1, 0.15) is 5.82 Å². The number of rotatable bonds is 3. The highest BCUT2D eigenvalue weighted by Crippen LogP contribution is 2.17. The minimum absolute atomic E-state index is 0.221. The minimum atomic E-state index is -0.221. The molecular formula is C11H14ClFN2. The van der Waals surface area contributed by atoms with Crippen molar-refractivity contribution in [2.75, 3.05) is 20.1 Å². The fourth-order valence-electron chi connectivity index (χ4n) is 1.63. The molecule has 1 heterocycles. The quantitative estimate of drug-likeness (QED) is 0.850. The SMILES string of the molecule is CN(Cc1ccc(Cl)cc1F)C1CNC1. The first-order chi connectivity index (χ1) is 7.16. The molecule has 0 bridgehead atoms. The second kappa shape index (κ2) is 4.47. The Morgan fingerprint density at radius 2 is 2.27 bits per heavy atom. The Labute approximate surface area is 94.0 Å². The van der Waals surface area contributed by atoms with E-state index in [4.69, 9.17) is 11.6 Å². The Balaban J connectivity index is 2.03. The van der Waals surface area contributed by atoms with Crippen molar-refractivity contribution in [3.05, 3.63) is 34.6 Å². The van der Waals surface area contributed by atoms with Crippen LogP contribution in [0.2, 0.25) is 5.02 Å². The van der Waals surface area contributed by atoms with Crippen LogP contribution in [0.15, 0.2) is 18.2 Å². The molecular weight excluding hydrogens is 215 g/mol. The maximum atomic E-state index is 13.5. The Bertz CT molecular complexity index is 352. The van der Waals surface area contributed by atoms with Gasteiger partial charge in [-0.2, -0.15) is 0 Å². The van der Waals surface area contributed by atoms with Gasteiger partial charge >= 0.3 is 0 Å². The molecule has 82 valence electrons. The van der Waals surface area contributed by atoms with E-state index >= 15 is 0 Å². The zero-order chi connectivity index (χ0) is 10.8. The van der Waals surface area contributed by atoms with Crippen LogP contribution in [0, 0.1) is 5.82 Å². The van der Waals surface area contributed by atoms with Crippen LogP contribution in [0.1, 0.15) is 5.56 Å². The molecule has 0 aromatic heterocycles. The van der Waals surface area contributed by atoms with E-state index in [1.54, 1.807) is 12.1 Å². The van der Waals surface area contributed by atoms with Crippen LogP contribution in [0.3, 0.4) is 0 Å². The van der Waals surface area contributed by atoms with Crippen molar-refractivity contribution < 1.29 is 4.39 Å². The van der Waals surface area contributed by atoms with Crippen molar-refractivity contribution in [2.45, 2.75) is 12.6 Å². The number of hydrogen-bond donors (Lipinski definition) is 1. The first-order valence-corrected chi connectivity index (χ1v) is 5.39. The number of hydrogen-bond acceptors (Lipinski definition) is 2. The lowest BCUT2D eigenvalue weighted by atomic mass is 10.1. The number of nitrogens with one attached hydrogen (secondary N) is 1. The smallest absolute Gasteiger partial charge is 0.129 e. The molecule has 1 aliphatic heterocycles. The highest BCUT2D eigenvalue weighted by molar-refractivity contribution is 6.30. The molecule has 1 aromatic carbocycles. The monoisotopic (exact) mass is 228 g/mol. The Morgan fingerprint density at radius 3 is 2.80 bits per heavy atom. The van der Waals surface area contributed by atoms with Crippen LogP contribution in [-0.4, -0.2) is 31.1 Å². The van der Waals surface area contributed by atoms with Gasteiger partial charge in [0, 0.05) is 36.3 Å². The van der Waals surface area contributed by atoms with E-state index in [1.165, 1.54) is 6.07 Å². The van der Waals surface area contributed by atoms with E-state index in [1.807, 2.05) is 7.05 Å². The predicted octanol–water partition coefficient (Wildman–Crippen LogP) is 1.88. The van der Waals surface area contributed by atoms with Crippen molar-refractivity contribution in [1.29, 1.82) is 0 Å². The van der Waals surface area contributed by atoms with Crippen LogP contribution in [-0.2, 0) is 6.54 Å². The molecule has 0 radical (unpaired) electrons. The fourth-order valence-corrected chi connectivity index (χ4v) is 1.79. The highest BCUT2D eigenvalue weighted by Gasteiger charge is 2.21. The molecule has 15 heavy (non-hydrogen) atoms. The second-order valence-corrected chi connectivity index (χ2v) is 4.40. The molecule has 0 unspecified atom stereocenters. The molecule has 1 aromatic rings. The van der Waals surface area contributed by atoms with E-state index in [0.717, 1.165) is 13.1 Å². The molecule has 0 atom stereocenters. The van der Waals surface area contributed by atoms with Crippen LogP contribution in [0.5, 0.6) is 0 Å². The van der Waals surface area contributed by atoms with Gasteiger partial charge in [0.2, 0.25) is 0 Å². The first kappa shape index (κ1) is 10.9. The molecule has 2 rings (SSSR count). The summed E-state index contributed by atoms with van der Waals surface area (Å²) in [6.07, 6.45) is 0. The third-order valence-electron chi connectivity index (χ3n) is 2.82. The van der Waals surface area contributed by atoms with E-state index in [0.29, 0.717) is 23.2 Å². The Morgan fingerprint density at radius 1 is 1.53 bits per heavy atom. The third-order valence-corrected chi connectivity index (χ3v) is 3.05. The molecule has 0 saturated carbocycles. The summed E-state index contributed by atoms with van der Waals surface area (Å²) >= 11 is 5.69. The molecule has 0 amide bonds. The van der Waals surface area contributed by atoms with Gasteiger partial charge in [0.25, 0.3) is 0 Å². The van der Waals surface area contributed by atoms with Crippen molar-refractivity contribution in [3.8, 4) is 0 Å². The maximum Gasteiger partial charge on any atom is 0.129 e. The molecule has 4 heteroatoms. The third kappa shape index (κ3) is 2.48. The summed E-state index contributed by atoms with van der Waals surface area (Å²) in [5, 5.41) is 3.64. The molecule has 0 aliphatic carbocycles. The summed E-state index contributed by atoms with van der Waals surface area (Å²) in [5.74, 6) is -0.221. The lowest BCUT2D eigenvalue weighted by Gasteiger charge is -2.35. The van der Waals surface area contributed by atoms with E-state index in [2.05, 4.69) is 10.2 Å².